The molecule has 0 spiro atoms. The molecule has 1 aromatic carbocycles. The molecule has 222 valence electrons. The van der Waals surface area contributed by atoms with Crippen LogP contribution in [0.25, 0.3) is 11.2 Å². The lowest BCUT2D eigenvalue weighted by Crippen LogP contribution is -2.41. The first kappa shape index (κ1) is 33.5. The summed E-state index contributed by atoms with van der Waals surface area (Å²) in [5, 5.41) is 14.6. The summed E-state index contributed by atoms with van der Waals surface area (Å²) in [5.74, 6) is -1.87. The Kier molecular flexibility index (Phi) is 12.5. The zero-order valence-electron chi connectivity index (χ0n) is 23.4. The Bertz CT molecular complexity index is 1400. The van der Waals surface area contributed by atoms with Crippen LogP contribution in [0.15, 0.2) is 35.3 Å². The van der Waals surface area contributed by atoms with E-state index in [1.54, 1.807) is 26.0 Å². The number of benzene rings is 1. The second-order valence-corrected chi connectivity index (χ2v) is 12.2. The van der Waals surface area contributed by atoms with Crippen molar-refractivity contribution in [2.24, 2.45) is 0 Å². The predicted octanol–water partition coefficient (Wildman–Crippen LogP) is 3.19. The van der Waals surface area contributed by atoms with Crippen LogP contribution in [-0.4, -0.2) is 58.9 Å². The molecular formula is C26H35N7O6S2. The van der Waals surface area contributed by atoms with Crippen molar-refractivity contribution in [3.63, 3.8) is 0 Å². The van der Waals surface area contributed by atoms with Crippen molar-refractivity contribution in [3.05, 3.63) is 52.1 Å². The van der Waals surface area contributed by atoms with Crippen LogP contribution < -0.4 is 21.9 Å². The van der Waals surface area contributed by atoms with Gasteiger partial charge in [0.25, 0.3) is 11.5 Å². The Labute approximate surface area is 247 Å². The van der Waals surface area contributed by atoms with Crippen molar-refractivity contribution in [2.75, 3.05) is 11.1 Å². The van der Waals surface area contributed by atoms with Gasteiger partial charge >= 0.3 is 5.97 Å². The third-order valence-corrected chi connectivity index (χ3v) is 5.55. The maximum Gasteiger partial charge on any atom is 0.326 e. The minimum absolute atomic E-state index is 0.0461. The van der Waals surface area contributed by atoms with Gasteiger partial charge in [-0.1, -0.05) is 20.8 Å². The van der Waals surface area contributed by atoms with Crippen molar-refractivity contribution in [2.45, 2.75) is 70.9 Å². The van der Waals surface area contributed by atoms with Crippen LogP contribution >= 0.6 is 24.7 Å². The van der Waals surface area contributed by atoms with Gasteiger partial charge in [-0.25, -0.2) is 14.8 Å². The van der Waals surface area contributed by atoms with Crippen molar-refractivity contribution in [3.8, 4) is 0 Å². The number of carboxylic acid groups (broad SMARTS) is 1. The summed E-state index contributed by atoms with van der Waals surface area (Å²) in [7, 11) is 0. The van der Waals surface area contributed by atoms with E-state index in [2.05, 4.69) is 64.0 Å². The number of carbonyl (C=O) groups is 3. The van der Waals surface area contributed by atoms with E-state index in [0.717, 1.165) is 0 Å². The first-order valence-corrected chi connectivity index (χ1v) is 13.8. The third-order valence-electron chi connectivity index (χ3n) is 4.68. The molecule has 1 unspecified atom stereocenters. The van der Waals surface area contributed by atoms with Gasteiger partial charge in [0.2, 0.25) is 11.1 Å². The molecule has 0 bridgehead atoms. The molecule has 15 heteroatoms. The molecule has 3 rings (SSSR count). The number of hydrogen-bond acceptors (Lipinski definition) is 12. The van der Waals surface area contributed by atoms with E-state index >= 15 is 0 Å². The number of carbonyl (C=O) groups excluding carboxylic acids is 2. The second-order valence-electron chi connectivity index (χ2n) is 10.1. The number of nitrogens with one attached hydrogen (secondary N) is 3. The smallest absolute Gasteiger partial charge is 0.326 e. The number of fused-ring (bicyclic) bond motifs is 1. The highest BCUT2D eigenvalue weighted by molar-refractivity contribution is 8.09. The number of aromatic nitrogens is 4. The average molecular weight is 606 g/mol. The van der Waals surface area contributed by atoms with Gasteiger partial charge in [-0.05, 0) is 44.5 Å². The number of rotatable bonds is 11. The fraction of sp³-hybridized carbons (Fsp3) is 0.423. The monoisotopic (exact) mass is 605 g/mol. The van der Waals surface area contributed by atoms with Crippen molar-refractivity contribution >= 4 is 64.5 Å². The van der Waals surface area contributed by atoms with Crippen LogP contribution in [0.1, 0.15) is 63.5 Å². The molecule has 41 heavy (non-hydrogen) atoms. The Balaban J connectivity index is 0.00000108. The number of H-pyrrole nitrogens is 1. The Hall–Kier alpha value is -3.69. The number of amides is 1. The molecule has 0 aliphatic rings. The number of aromatic amines is 1. The molecule has 0 saturated carbocycles. The van der Waals surface area contributed by atoms with Gasteiger partial charge in [-0.15, -0.1) is 0 Å². The molecule has 2 heterocycles. The predicted molar refractivity (Wildman–Crippen MR) is 162 cm³/mol. The van der Waals surface area contributed by atoms with E-state index in [4.69, 9.17) is 9.92 Å². The van der Waals surface area contributed by atoms with Crippen molar-refractivity contribution in [1.82, 2.24) is 25.3 Å². The molecule has 2 aromatic heterocycles. The molecule has 13 nitrogen and oxygen atoms in total. The lowest BCUT2D eigenvalue weighted by molar-refractivity contribution is -0.139. The minimum atomic E-state index is -1.24. The molecule has 6 N–H and O–H groups in total. The molecule has 0 aliphatic heterocycles. The van der Waals surface area contributed by atoms with Crippen LogP contribution in [0, 0.1) is 0 Å². The van der Waals surface area contributed by atoms with Crippen molar-refractivity contribution < 1.29 is 23.7 Å². The number of nitrogens with two attached hydrogens (primary N) is 1. The van der Waals surface area contributed by atoms with Gasteiger partial charge in [0.05, 0.1) is 36.6 Å². The zero-order chi connectivity index (χ0) is 30.7. The highest BCUT2D eigenvalue weighted by Gasteiger charge is 2.22. The maximum atomic E-state index is 12.5. The summed E-state index contributed by atoms with van der Waals surface area (Å²) in [6.45, 7) is 9.94. The van der Waals surface area contributed by atoms with Crippen LogP contribution in [0.5, 0.6) is 0 Å². The SMILES string of the molecule is CC(C)(C)S.CC(C)OSC(=O)CCC(NC(=O)c1ccc(NCc2cnc3nc(N)[nH]c(=O)c3n2)cc1)C(=O)O. The largest absolute Gasteiger partial charge is 0.480 e. The standard InChI is InChI=1S/C22H25N7O6S.C4H10S/c1-11(2)35-36-16(30)8-7-15(21(33)34)27-19(31)12-3-5-13(6-4-12)24-9-14-10-25-18-17(26-14)20(32)29-22(23)28-18;1-4(2,3)5/h3-6,10-11,15,24H,7-9H2,1-2H3,(H,27,31)(H,33,34)(H3,23,25,28,29,32);5H,1-3H3. The number of thiol groups is 1. The molecule has 0 saturated heterocycles. The van der Waals surface area contributed by atoms with Gasteiger partial charge in [-0.3, -0.25) is 19.4 Å². The van der Waals surface area contributed by atoms with E-state index < -0.39 is 23.5 Å². The summed E-state index contributed by atoms with van der Waals surface area (Å²) in [6.07, 6.45) is 1.19. The van der Waals surface area contributed by atoms with Crippen LogP contribution in [0.2, 0.25) is 0 Å². The summed E-state index contributed by atoms with van der Waals surface area (Å²) in [5.41, 5.74) is 6.59. The highest BCUT2D eigenvalue weighted by Crippen LogP contribution is 2.15. The number of nitrogens with zero attached hydrogens (tertiary/aromatic N) is 3. The molecule has 0 fully saturated rings. The van der Waals surface area contributed by atoms with E-state index in [0.29, 0.717) is 23.4 Å². The fourth-order valence-corrected chi connectivity index (χ4v) is 3.44. The van der Waals surface area contributed by atoms with E-state index in [1.165, 1.54) is 18.3 Å². The van der Waals surface area contributed by atoms with E-state index in [9.17, 15) is 24.3 Å². The Morgan fingerprint density at radius 3 is 2.39 bits per heavy atom. The number of hydrogen-bond donors (Lipinski definition) is 6. The van der Waals surface area contributed by atoms with Gasteiger partial charge in [0, 0.05) is 22.4 Å². The lowest BCUT2D eigenvalue weighted by atomic mass is 10.1. The van der Waals surface area contributed by atoms with Gasteiger partial charge in [0.15, 0.2) is 11.2 Å². The third kappa shape index (κ3) is 12.6. The summed E-state index contributed by atoms with van der Waals surface area (Å²) in [6, 6.07) is 5.10. The fourth-order valence-electron chi connectivity index (χ4n) is 2.94. The normalized spacial score (nSPS) is 11.9. The van der Waals surface area contributed by atoms with Crippen LogP contribution in [-0.2, 0) is 20.3 Å². The zero-order valence-corrected chi connectivity index (χ0v) is 25.1. The molecule has 3 aromatic rings. The maximum absolute atomic E-state index is 12.5. The number of anilines is 2. The first-order valence-electron chi connectivity index (χ1n) is 12.6. The molecule has 1 atom stereocenters. The van der Waals surface area contributed by atoms with Crippen LogP contribution in [0.4, 0.5) is 11.6 Å². The van der Waals surface area contributed by atoms with E-state index in [-0.39, 0.29) is 58.0 Å². The summed E-state index contributed by atoms with van der Waals surface area (Å²) in [4.78, 5) is 62.4. The second kappa shape index (κ2) is 15.3. The molecular weight excluding hydrogens is 570 g/mol. The van der Waals surface area contributed by atoms with Crippen LogP contribution in [0.3, 0.4) is 0 Å². The Morgan fingerprint density at radius 2 is 1.80 bits per heavy atom. The summed E-state index contributed by atoms with van der Waals surface area (Å²) >= 11 is 4.80. The topological polar surface area (TPSA) is 202 Å². The van der Waals surface area contributed by atoms with Gasteiger partial charge in [-0.2, -0.15) is 17.6 Å². The highest BCUT2D eigenvalue weighted by atomic mass is 32.2. The van der Waals surface area contributed by atoms with Gasteiger partial charge in [0.1, 0.15) is 6.04 Å². The van der Waals surface area contributed by atoms with Gasteiger partial charge < -0.3 is 25.7 Å². The number of aliphatic carboxylic acids is 1. The van der Waals surface area contributed by atoms with Crippen molar-refractivity contribution in [1.29, 1.82) is 0 Å². The molecule has 0 aliphatic carbocycles. The minimum Gasteiger partial charge on any atom is -0.480 e. The Morgan fingerprint density at radius 1 is 1.17 bits per heavy atom. The molecule has 1 amide bonds. The lowest BCUT2D eigenvalue weighted by Gasteiger charge is -2.14. The summed E-state index contributed by atoms with van der Waals surface area (Å²) < 4.78 is 5.33. The molecule has 0 radical (unpaired) electrons. The quantitative estimate of drug-likeness (QED) is 0.138. The first-order chi connectivity index (χ1) is 19.1. The number of carboxylic acids is 1. The average Bonchev–Trinajstić information content (AvgIpc) is 2.87. The number of nitrogen functional groups attached to an aromatic ring is 1. The van der Waals surface area contributed by atoms with E-state index in [1.807, 2.05) is 0 Å².